The fraction of sp³-hybridized carbons (Fsp3) is 0.600. The maximum atomic E-state index is 12.4. The van der Waals surface area contributed by atoms with Gasteiger partial charge in [-0.1, -0.05) is 79.4 Å². The predicted molar refractivity (Wildman–Crippen MR) is 308 cm³/mol. The van der Waals surface area contributed by atoms with Gasteiger partial charge in [-0.25, -0.2) is 0 Å². The van der Waals surface area contributed by atoms with Crippen molar-refractivity contribution in [1.29, 1.82) is 0 Å². The van der Waals surface area contributed by atoms with Crippen LogP contribution in [0.1, 0.15) is 108 Å². The van der Waals surface area contributed by atoms with Crippen LogP contribution in [0.3, 0.4) is 0 Å². The largest absolute Gasteiger partial charge is 0.461 e. The van der Waals surface area contributed by atoms with Gasteiger partial charge in [0.2, 0.25) is 0 Å². The van der Waals surface area contributed by atoms with E-state index < -0.39 is 0 Å². The number of likely N-dealkylation sites (tertiary alicyclic amines) is 2. The molecule has 8 heterocycles. The fourth-order valence-corrected chi connectivity index (χ4v) is 11.5. The van der Waals surface area contributed by atoms with Gasteiger partial charge in [0.25, 0.3) is 0 Å². The number of methoxy groups -OCH3 is 2. The second-order valence-electron chi connectivity index (χ2n) is 21.1. The van der Waals surface area contributed by atoms with Crippen LogP contribution in [0, 0.1) is 84.4 Å². The van der Waals surface area contributed by atoms with E-state index in [-0.39, 0.29) is 42.4 Å². The molecule has 6 atom stereocenters. The predicted octanol–water partition coefficient (Wildman–Crippen LogP) is 7.11. The molecule has 12 nitrogen and oxygen atoms in total. The molecule has 2 unspecified atom stereocenters. The number of terminal acetylenes is 3. The van der Waals surface area contributed by atoms with E-state index in [1.165, 1.54) is 63.0 Å². The topological polar surface area (TPSA) is 113 Å². The third-order valence-electron chi connectivity index (χ3n) is 15.8. The number of hydrogen-bond donors (Lipinski definition) is 1. The summed E-state index contributed by atoms with van der Waals surface area (Å²) in [6.45, 7) is 16.4. The number of carbonyl (C=O) groups excluding carboxylic acids is 2. The molecule has 8 aliphatic heterocycles. The zero-order valence-electron chi connectivity index (χ0n) is 46.7. The number of esters is 2. The number of rotatable bonds is 21. The molecular formula is C65H88N6O6. The maximum Gasteiger partial charge on any atom is 0.306 e. The van der Waals surface area contributed by atoms with E-state index in [0.29, 0.717) is 30.7 Å². The van der Waals surface area contributed by atoms with Crippen molar-refractivity contribution < 1.29 is 28.5 Å². The molecule has 0 aromatic heterocycles. The van der Waals surface area contributed by atoms with Gasteiger partial charge in [0, 0.05) is 78.4 Å². The van der Waals surface area contributed by atoms with Crippen LogP contribution in [0.2, 0.25) is 0 Å². The molecule has 12 heteroatoms. The summed E-state index contributed by atoms with van der Waals surface area (Å²) in [5.41, 5.74) is 8.74. The van der Waals surface area contributed by atoms with Gasteiger partial charge in [0.05, 0.1) is 12.2 Å². The number of piperidine rings is 8. The Balaban J connectivity index is 0.000000244. The van der Waals surface area contributed by atoms with Gasteiger partial charge in [0.15, 0.2) is 0 Å². The molecular weight excluding hydrogens is 961 g/mol. The highest BCUT2D eigenvalue weighted by Gasteiger charge is 2.38. The molecule has 0 spiro atoms. The lowest BCUT2D eigenvalue weighted by Gasteiger charge is -2.44. The molecule has 2 aromatic rings. The van der Waals surface area contributed by atoms with E-state index in [4.69, 9.17) is 44.0 Å². The van der Waals surface area contributed by atoms with Crippen molar-refractivity contribution in [3.63, 3.8) is 0 Å². The summed E-state index contributed by atoms with van der Waals surface area (Å²) in [7, 11) is 3.61. The number of unbranched alkanes of at least 4 members (excludes halogenated alkanes) is 4. The van der Waals surface area contributed by atoms with Gasteiger partial charge in [-0.2, -0.15) is 0 Å². The maximum absolute atomic E-state index is 12.4. The second-order valence-corrected chi connectivity index (χ2v) is 21.1. The molecule has 4 bridgehead atoms. The third kappa shape index (κ3) is 23.1. The number of ether oxygens (including phenoxy) is 4. The average Bonchev–Trinajstić information content (AvgIpc) is 3.46. The summed E-state index contributed by atoms with van der Waals surface area (Å²) in [6.07, 6.45) is 29.0. The Labute approximate surface area is 464 Å². The van der Waals surface area contributed by atoms with Gasteiger partial charge in [0.1, 0.15) is 12.2 Å². The highest BCUT2D eigenvalue weighted by molar-refractivity contribution is 5.70. The van der Waals surface area contributed by atoms with Crippen molar-refractivity contribution in [2.75, 3.05) is 92.8 Å². The molecule has 0 saturated carbocycles. The summed E-state index contributed by atoms with van der Waals surface area (Å²) in [5, 5.41) is 0. The van der Waals surface area contributed by atoms with E-state index in [2.05, 4.69) is 138 Å². The summed E-state index contributed by atoms with van der Waals surface area (Å²) < 4.78 is 23.1. The van der Waals surface area contributed by atoms with Crippen molar-refractivity contribution >= 4 is 11.9 Å². The zero-order valence-corrected chi connectivity index (χ0v) is 46.7. The number of nitrogens with zero attached hydrogens (tertiary/aromatic N) is 5. The molecule has 8 fully saturated rings. The van der Waals surface area contributed by atoms with Crippen LogP contribution in [0.5, 0.6) is 0 Å². The van der Waals surface area contributed by atoms with Crippen LogP contribution in [-0.2, 0) is 41.6 Å². The van der Waals surface area contributed by atoms with E-state index in [1.807, 2.05) is 7.11 Å². The first-order chi connectivity index (χ1) is 37.7. The van der Waals surface area contributed by atoms with Crippen LogP contribution < -0.4 is 5.73 Å². The van der Waals surface area contributed by atoms with Crippen molar-refractivity contribution in [3.05, 3.63) is 71.8 Å². The Morgan fingerprint density at radius 1 is 0.545 bits per heavy atom. The first-order valence-electron chi connectivity index (χ1n) is 28.4. The van der Waals surface area contributed by atoms with Gasteiger partial charge in [-0.3, -0.25) is 24.3 Å². The first-order valence-corrected chi connectivity index (χ1v) is 28.4. The van der Waals surface area contributed by atoms with Crippen molar-refractivity contribution in [1.82, 2.24) is 24.5 Å². The molecule has 77 heavy (non-hydrogen) atoms. The summed E-state index contributed by atoms with van der Waals surface area (Å²) in [6, 6.07) is 22.1. The zero-order chi connectivity index (χ0) is 54.9. The number of nitrogens with two attached hydrogens (primary N) is 1. The van der Waals surface area contributed by atoms with Crippen LogP contribution in [-0.4, -0.2) is 166 Å². The minimum atomic E-state index is 0.00198. The Hall–Kier alpha value is -5.58. The smallest absolute Gasteiger partial charge is 0.306 e. The number of fused-ring (bicyclic) bond motifs is 6. The van der Waals surface area contributed by atoms with Gasteiger partial charge in [-0.05, 0) is 194 Å². The van der Waals surface area contributed by atoms with E-state index in [9.17, 15) is 9.59 Å². The second kappa shape index (κ2) is 36.5. The quantitative estimate of drug-likeness (QED) is 0.0782. The number of hydrogen-bond acceptors (Lipinski definition) is 12. The molecule has 2 aromatic carbocycles. The standard InChI is InChI=1S/C33H47N3O3.C19H35N3O3.C7H4.C6H2/c1-38-32-26-34(19-10-4-9-15-33(37)39-31-25-35-20-16-29(31)17-21-35)22-18-30(32)36(23-27-11-5-2-6-12-27)24-28-13-7-3-8-14-28;1-24-18-14-21(12-8-16(18)20)9-4-2-3-5-19(23)25-17-13-22-10-6-15(17)7-11-22;1-3-5-7-6-4-2;1-3-5-6-4-2/h2-3,5-8,11-14,29-32H,4,9-10,15-26H2,1H3;15-18H,2-14,20H2,1H3;1H,2H3;1-2H/t30-,31?,32+;16-,17?,18+;;/m11../s1. The molecule has 0 aliphatic carbocycles. The van der Waals surface area contributed by atoms with E-state index >= 15 is 0 Å². The Bertz CT molecular complexity index is 2290. The average molecular weight is 1050 g/mol. The third-order valence-corrected chi connectivity index (χ3v) is 15.8. The number of carbonyl (C=O) groups is 2. The first kappa shape index (κ1) is 62.3. The Morgan fingerprint density at radius 3 is 1.40 bits per heavy atom. The fourth-order valence-electron chi connectivity index (χ4n) is 11.5. The number of benzene rings is 2. The van der Waals surface area contributed by atoms with Crippen LogP contribution in [0.15, 0.2) is 60.7 Å². The Kier molecular flexibility index (Phi) is 29.5. The van der Waals surface area contributed by atoms with Gasteiger partial charge < -0.3 is 34.5 Å². The van der Waals surface area contributed by atoms with Gasteiger partial charge >= 0.3 is 11.9 Å². The monoisotopic (exact) mass is 1050 g/mol. The molecule has 10 rings (SSSR count). The molecule has 8 saturated heterocycles. The molecule has 2 N–H and O–H groups in total. The van der Waals surface area contributed by atoms with Crippen molar-refractivity contribution in [2.45, 2.75) is 146 Å². The molecule has 0 amide bonds. The summed E-state index contributed by atoms with van der Waals surface area (Å²) in [4.78, 5) is 37.0. The summed E-state index contributed by atoms with van der Waals surface area (Å²) >= 11 is 0. The SMILES string of the molecule is C#CC#CC#C.C#CC#CC#CC.CO[C@H]1CN(CCCCCC(=O)OC2CN3CCC2CC3)CC[C@H]1N.CO[C@H]1CN(CCCCCC(=O)OC2CN3CCC2CC3)CC[C@H]1N(Cc1ccccc1)Cc1ccccc1. The highest BCUT2D eigenvalue weighted by Crippen LogP contribution is 2.31. The van der Waals surface area contributed by atoms with Crippen LogP contribution >= 0.6 is 0 Å². The minimum Gasteiger partial charge on any atom is -0.461 e. The van der Waals surface area contributed by atoms with E-state index in [0.717, 1.165) is 117 Å². The molecule has 0 radical (unpaired) electrons. The minimum absolute atomic E-state index is 0.00198. The van der Waals surface area contributed by atoms with E-state index in [1.54, 1.807) is 14.0 Å². The lowest BCUT2D eigenvalue weighted by Crippen LogP contribution is -2.54. The van der Waals surface area contributed by atoms with Crippen LogP contribution in [0.25, 0.3) is 0 Å². The Morgan fingerprint density at radius 2 is 0.987 bits per heavy atom. The lowest BCUT2D eigenvalue weighted by atomic mass is 9.86. The highest BCUT2D eigenvalue weighted by atomic mass is 16.5. The van der Waals surface area contributed by atoms with Gasteiger partial charge in [-0.15, -0.1) is 19.3 Å². The normalized spacial score (nSPS) is 25.8. The van der Waals surface area contributed by atoms with Crippen LogP contribution in [0.4, 0.5) is 0 Å². The molecule has 8 aliphatic rings. The van der Waals surface area contributed by atoms with Crippen molar-refractivity contribution in [3.8, 4) is 72.6 Å². The summed E-state index contributed by atoms with van der Waals surface area (Å²) in [5.74, 6) is 21.8. The molecule has 414 valence electrons. The van der Waals surface area contributed by atoms with Crippen molar-refractivity contribution in [2.24, 2.45) is 17.6 Å². The lowest BCUT2D eigenvalue weighted by molar-refractivity contribution is -0.159.